The zero-order valence-corrected chi connectivity index (χ0v) is 24.0. The highest BCUT2D eigenvalue weighted by molar-refractivity contribution is 6.24. The van der Waals surface area contributed by atoms with Gasteiger partial charge in [-0.3, -0.25) is 19.3 Å². The van der Waals surface area contributed by atoms with E-state index < -0.39 is 58.0 Å². The molecule has 2 aromatic carbocycles. The van der Waals surface area contributed by atoms with Crippen LogP contribution in [0, 0.1) is 11.8 Å². The first-order chi connectivity index (χ1) is 20.1. The lowest BCUT2D eigenvalue weighted by Crippen LogP contribution is -2.65. The quantitative estimate of drug-likeness (QED) is 0.174. The molecule has 9 N–H and O–H groups in total. The molecular weight excluding hydrogens is 560 g/mol. The largest absolute Gasteiger partial charge is 0.508 e. The van der Waals surface area contributed by atoms with E-state index in [4.69, 9.17) is 5.73 Å². The second-order valence-electron chi connectivity index (χ2n) is 11.7. The van der Waals surface area contributed by atoms with E-state index in [0.29, 0.717) is 16.8 Å². The van der Waals surface area contributed by atoms with Crippen molar-refractivity contribution in [3.05, 3.63) is 57.9 Å². The smallest absolute Gasteiger partial charge is 0.255 e. The second-order valence-corrected chi connectivity index (χ2v) is 11.7. The van der Waals surface area contributed by atoms with Gasteiger partial charge in [0.15, 0.2) is 22.9 Å². The first kappa shape index (κ1) is 29.7. The van der Waals surface area contributed by atoms with Crippen molar-refractivity contribution in [2.45, 2.75) is 31.0 Å². The van der Waals surface area contributed by atoms with Gasteiger partial charge in [0.1, 0.15) is 22.8 Å². The van der Waals surface area contributed by atoms with Crippen LogP contribution in [0.25, 0.3) is 5.76 Å². The molecule has 0 heterocycles. The normalized spacial score (nSPS) is 24.9. The lowest BCUT2D eigenvalue weighted by Gasteiger charge is -2.50. The molecule has 5 rings (SSSR count). The molecule has 0 saturated heterocycles. The molecule has 1 saturated carbocycles. The van der Waals surface area contributed by atoms with Crippen molar-refractivity contribution >= 4 is 34.6 Å². The monoisotopic (exact) mass is 594 g/mol. The van der Waals surface area contributed by atoms with Crippen molar-refractivity contribution < 1.29 is 45.0 Å². The molecule has 2 aromatic rings. The van der Waals surface area contributed by atoms with Gasteiger partial charge in [-0.1, -0.05) is 6.07 Å². The molecule has 43 heavy (non-hydrogen) atoms. The van der Waals surface area contributed by atoms with Crippen molar-refractivity contribution in [2.75, 3.05) is 38.4 Å². The topological polar surface area (TPSA) is 217 Å². The highest BCUT2D eigenvalue weighted by Gasteiger charge is 2.64. The van der Waals surface area contributed by atoms with Gasteiger partial charge >= 0.3 is 0 Å². The summed E-state index contributed by atoms with van der Waals surface area (Å²) in [6.45, 7) is 0.113. The van der Waals surface area contributed by atoms with E-state index in [9.17, 15) is 45.0 Å². The van der Waals surface area contributed by atoms with Gasteiger partial charge in [0.25, 0.3) is 5.91 Å². The number of ketones is 2. The Labute approximate surface area is 246 Å². The molecule has 1 fully saturated rings. The number of likely N-dealkylation sites (N-methyl/N-ethyl adjacent to an activating group) is 1. The number of carbonyl (C=O) groups is 3. The highest BCUT2D eigenvalue weighted by atomic mass is 16.3. The number of benzene rings is 2. The second kappa shape index (κ2) is 10.2. The number of phenolic OH excluding ortho intramolecular Hbond substituents is 3. The maximum Gasteiger partial charge on any atom is 0.255 e. The fourth-order valence-electron chi connectivity index (χ4n) is 6.70. The first-order valence-electron chi connectivity index (χ1n) is 13.6. The summed E-state index contributed by atoms with van der Waals surface area (Å²) in [7, 11) is 6.63. The molecule has 0 aliphatic heterocycles. The van der Waals surface area contributed by atoms with Crippen LogP contribution in [-0.2, 0) is 27.3 Å². The van der Waals surface area contributed by atoms with Crippen LogP contribution >= 0.6 is 0 Å². The molecule has 0 radical (unpaired) electrons. The van der Waals surface area contributed by atoms with E-state index in [2.05, 4.69) is 5.32 Å². The predicted octanol–water partition coefficient (Wildman–Crippen LogP) is 1.05. The zero-order chi connectivity index (χ0) is 31.7. The third-order valence-electron chi connectivity index (χ3n) is 8.70. The number of hydrogen-bond donors (Lipinski definition) is 8. The van der Waals surface area contributed by atoms with E-state index in [1.165, 1.54) is 17.0 Å². The van der Waals surface area contributed by atoms with Crippen LogP contribution in [0.5, 0.6) is 17.2 Å². The molecule has 13 nitrogen and oxygen atoms in total. The van der Waals surface area contributed by atoms with Crippen LogP contribution in [0.15, 0.2) is 41.2 Å². The predicted molar refractivity (Wildman–Crippen MR) is 156 cm³/mol. The molecule has 1 amide bonds. The number of aliphatic hydroxyl groups is 3. The summed E-state index contributed by atoms with van der Waals surface area (Å²) in [5, 5.41) is 68.2. The van der Waals surface area contributed by atoms with Gasteiger partial charge in [-0.25, -0.2) is 0 Å². The Morgan fingerprint density at radius 3 is 2.30 bits per heavy atom. The first-order valence-corrected chi connectivity index (χ1v) is 13.6. The van der Waals surface area contributed by atoms with Gasteiger partial charge < -0.3 is 46.6 Å². The summed E-state index contributed by atoms with van der Waals surface area (Å²) in [5.74, 6) is -7.77. The number of anilines is 2. The minimum atomic E-state index is -2.72. The summed E-state index contributed by atoms with van der Waals surface area (Å²) in [4.78, 5) is 42.7. The number of nitrogens with one attached hydrogen (secondary N) is 1. The Morgan fingerprint density at radius 2 is 1.72 bits per heavy atom. The maximum absolute atomic E-state index is 14.1. The molecule has 4 unspecified atom stereocenters. The van der Waals surface area contributed by atoms with E-state index in [1.54, 1.807) is 45.2 Å². The highest BCUT2D eigenvalue weighted by Crippen LogP contribution is 2.54. The lowest BCUT2D eigenvalue weighted by molar-refractivity contribution is -0.153. The Morgan fingerprint density at radius 1 is 1.05 bits per heavy atom. The SMILES string of the molecule is CN(C)c1cc(NCc2ccc(O)c(O)c2)c(O)c2c1CC1CC3C(N(C)C)C(=O)C(C(N)=O)=C(O)C3(O)C(=O)C1=C2O. The fourth-order valence-corrected chi connectivity index (χ4v) is 6.70. The average molecular weight is 595 g/mol. The maximum atomic E-state index is 14.1. The van der Waals surface area contributed by atoms with Gasteiger partial charge in [0.2, 0.25) is 5.78 Å². The number of phenols is 3. The van der Waals surface area contributed by atoms with Crippen LogP contribution in [0.1, 0.15) is 23.1 Å². The van der Waals surface area contributed by atoms with Gasteiger partial charge in [0.05, 0.1) is 17.3 Å². The average Bonchev–Trinajstić information content (AvgIpc) is 2.91. The van der Waals surface area contributed by atoms with Gasteiger partial charge in [0, 0.05) is 37.8 Å². The number of aliphatic hydroxyl groups excluding tert-OH is 2. The van der Waals surface area contributed by atoms with Crippen molar-refractivity contribution in [1.29, 1.82) is 0 Å². The molecule has 0 spiro atoms. The van der Waals surface area contributed by atoms with E-state index in [1.807, 2.05) is 0 Å². The summed E-state index contributed by atoms with van der Waals surface area (Å²) in [6.07, 6.45) is 0.144. The van der Waals surface area contributed by atoms with Crippen LogP contribution in [0.4, 0.5) is 11.4 Å². The number of amides is 1. The molecule has 3 aliphatic rings. The molecule has 13 heteroatoms. The molecule has 4 atom stereocenters. The molecular formula is C30H34N4O9. The third kappa shape index (κ3) is 4.34. The van der Waals surface area contributed by atoms with Crippen LogP contribution < -0.4 is 16.0 Å². The number of carbonyl (C=O) groups excluding carboxylic acids is 3. The van der Waals surface area contributed by atoms with Crippen molar-refractivity contribution in [2.24, 2.45) is 17.6 Å². The Bertz CT molecular complexity index is 1640. The number of fused-ring (bicyclic) bond motifs is 3. The van der Waals surface area contributed by atoms with Gasteiger partial charge in [-0.05, 0) is 62.2 Å². The summed E-state index contributed by atoms with van der Waals surface area (Å²) in [6, 6.07) is 4.75. The molecule has 228 valence electrons. The van der Waals surface area contributed by atoms with E-state index in [0.717, 1.165) is 0 Å². The lowest BCUT2D eigenvalue weighted by atomic mass is 9.57. The minimum absolute atomic E-state index is 0.0102. The van der Waals surface area contributed by atoms with Crippen molar-refractivity contribution in [3.63, 3.8) is 0 Å². The standard InChI is InChI=1S/C30H34N4O9/c1-33(2)17-10-16(32-11-12-5-6-18(35)19(36)7-12)24(37)21-14(17)8-13-9-15-23(34(3)4)26(39)22(29(31)42)28(41)30(15,43)27(40)20(13)25(21)38/h5-7,10,13,15,23,32,35-38,41,43H,8-9,11H2,1-4H3,(H2,31,42). The zero-order valence-electron chi connectivity index (χ0n) is 24.0. The number of primary amides is 1. The van der Waals surface area contributed by atoms with E-state index in [-0.39, 0.29) is 53.5 Å². The minimum Gasteiger partial charge on any atom is -0.508 e. The third-order valence-corrected chi connectivity index (χ3v) is 8.70. The summed E-state index contributed by atoms with van der Waals surface area (Å²) >= 11 is 0. The number of rotatable bonds is 6. The fraction of sp³-hybridized carbons (Fsp3) is 0.367. The summed E-state index contributed by atoms with van der Waals surface area (Å²) < 4.78 is 0. The van der Waals surface area contributed by atoms with Crippen molar-refractivity contribution in [1.82, 2.24) is 4.90 Å². The van der Waals surface area contributed by atoms with E-state index >= 15 is 0 Å². The van der Waals surface area contributed by atoms with Crippen molar-refractivity contribution in [3.8, 4) is 17.2 Å². The molecule has 0 aromatic heterocycles. The Balaban J connectivity index is 1.65. The van der Waals surface area contributed by atoms with Crippen LogP contribution in [0.2, 0.25) is 0 Å². The Kier molecular flexibility index (Phi) is 7.06. The number of aromatic hydroxyl groups is 3. The summed E-state index contributed by atoms with van der Waals surface area (Å²) in [5.41, 5.74) is 3.41. The van der Waals surface area contributed by atoms with Crippen LogP contribution in [0.3, 0.4) is 0 Å². The molecule has 3 aliphatic carbocycles. The number of hydrogen-bond acceptors (Lipinski definition) is 12. The van der Waals surface area contributed by atoms with Crippen LogP contribution in [-0.4, -0.2) is 92.8 Å². The van der Waals surface area contributed by atoms with Gasteiger partial charge in [-0.2, -0.15) is 0 Å². The van der Waals surface area contributed by atoms with Gasteiger partial charge in [-0.15, -0.1) is 0 Å². The molecule has 0 bridgehead atoms. The Hall–Kier alpha value is -4.75. The number of nitrogens with zero attached hydrogens (tertiary/aromatic N) is 2. The number of Topliss-reactive ketones (excluding diaryl/α,β-unsaturated/α-hetero) is 2. The number of nitrogens with two attached hydrogens (primary N) is 1.